The zero-order valence-electron chi connectivity index (χ0n) is 11.9. The molecule has 0 radical (unpaired) electrons. The number of hydrogen-bond acceptors (Lipinski definition) is 3. The van der Waals surface area contributed by atoms with Gasteiger partial charge in [0.1, 0.15) is 0 Å². The van der Waals surface area contributed by atoms with Gasteiger partial charge in [-0.25, -0.2) is 0 Å². The predicted molar refractivity (Wildman–Crippen MR) is 45.7 cm³/mol. The molecule has 0 atom stereocenters. The van der Waals surface area contributed by atoms with Crippen LogP contribution in [-0.4, -0.2) is 17.2 Å². The number of rotatable bonds is 1. The van der Waals surface area contributed by atoms with Gasteiger partial charge in [0.15, 0.2) is 0 Å². The van der Waals surface area contributed by atoms with Crippen molar-refractivity contribution in [2.75, 3.05) is 0 Å². The van der Waals surface area contributed by atoms with Gasteiger partial charge in [0.05, 0.1) is 15.7 Å². The SMILES string of the molecule is [2H]c1c([2H])c(B(O)O)c(C([2H])([2H])[2H])c([2H])c1C#N. The van der Waals surface area contributed by atoms with Crippen molar-refractivity contribution in [2.45, 2.75) is 6.85 Å². The second-order valence-electron chi connectivity index (χ2n) is 2.02. The third-order valence-corrected chi connectivity index (χ3v) is 1.21. The maximum atomic E-state index is 9.10. The molecule has 0 spiro atoms. The van der Waals surface area contributed by atoms with Crippen molar-refractivity contribution in [1.29, 1.82) is 5.26 Å². The lowest BCUT2D eigenvalue weighted by Gasteiger charge is -2.03. The number of hydrogen-bond donors (Lipinski definition) is 2. The summed E-state index contributed by atoms with van der Waals surface area (Å²) < 4.78 is 44.2. The van der Waals surface area contributed by atoms with E-state index in [-0.39, 0.29) is 0 Å². The topological polar surface area (TPSA) is 64.2 Å². The van der Waals surface area contributed by atoms with Crippen LogP contribution in [0.5, 0.6) is 0 Å². The molecule has 1 aromatic carbocycles. The quantitative estimate of drug-likeness (QED) is 0.556. The van der Waals surface area contributed by atoms with Crippen LogP contribution < -0.4 is 5.46 Å². The molecule has 0 unspecified atom stereocenters. The summed E-state index contributed by atoms with van der Waals surface area (Å²) in [5.41, 5.74) is -2.09. The molecule has 0 saturated carbocycles. The minimum absolute atomic E-state index is 0.574. The summed E-state index contributed by atoms with van der Waals surface area (Å²) in [6, 6.07) is -0.772. The first-order chi connectivity index (χ1) is 8.12. The average molecular weight is 167 g/mol. The van der Waals surface area contributed by atoms with E-state index in [4.69, 9.17) is 23.5 Å². The van der Waals surface area contributed by atoms with Crippen molar-refractivity contribution >= 4 is 12.6 Å². The van der Waals surface area contributed by atoms with Crippen molar-refractivity contribution in [2.24, 2.45) is 0 Å². The van der Waals surface area contributed by atoms with Crippen LogP contribution in [0.25, 0.3) is 0 Å². The highest BCUT2D eigenvalue weighted by atomic mass is 16.4. The molecule has 0 aliphatic rings. The third kappa shape index (κ3) is 1.64. The van der Waals surface area contributed by atoms with Gasteiger partial charge in [-0.1, -0.05) is 11.6 Å². The van der Waals surface area contributed by atoms with Gasteiger partial charge in [-0.15, -0.1) is 0 Å². The Hall–Kier alpha value is -1.31. The minimum atomic E-state index is -2.88. The summed E-state index contributed by atoms with van der Waals surface area (Å²) in [4.78, 5) is 0. The Morgan fingerprint density at radius 1 is 1.67 bits per heavy atom. The van der Waals surface area contributed by atoms with Gasteiger partial charge in [-0.3, -0.25) is 0 Å². The molecule has 4 heteroatoms. The Morgan fingerprint density at radius 3 is 2.92 bits per heavy atom. The maximum absolute atomic E-state index is 9.10. The number of benzene rings is 1. The molecule has 60 valence electrons. The lowest BCUT2D eigenvalue weighted by molar-refractivity contribution is 0.425. The van der Waals surface area contributed by atoms with E-state index in [1.807, 2.05) is 0 Å². The molecule has 0 aromatic heterocycles. The first-order valence-electron chi connectivity index (χ1n) is 6.03. The monoisotopic (exact) mass is 167 g/mol. The van der Waals surface area contributed by atoms with E-state index >= 15 is 0 Å². The molecule has 1 rings (SSSR count). The lowest BCUT2D eigenvalue weighted by Crippen LogP contribution is -2.31. The summed E-state index contributed by atoms with van der Waals surface area (Å²) in [5, 5.41) is 27.0. The fourth-order valence-corrected chi connectivity index (χ4v) is 0.665. The molecule has 0 amide bonds. The standard InChI is InChI=1S/C8H8BNO2/c1-6-4-7(5-10)2-3-8(6)9(11)12/h2-4,11-12H,1H3/i1D3,2D,3D,4D. The maximum Gasteiger partial charge on any atom is 0.488 e. The summed E-state index contributed by atoms with van der Waals surface area (Å²) >= 11 is 0. The molecular weight excluding hydrogens is 153 g/mol. The fraction of sp³-hybridized carbons (Fsp3) is 0.125. The zero-order chi connectivity index (χ0) is 14.2. The Balaban J connectivity index is 3.89. The van der Waals surface area contributed by atoms with Crippen molar-refractivity contribution in [1.82, 2.24) is 0 Å². The first kappa shape index (κ1) is 3.61. The second-order valence-corrected chi connectivity index (χ2v) is 2.02. The van der Waals surface area contributed by atoms with Crippen LogP contribution in [-0.2, 0) is 0 Å². The van der Waals surface area contributed by atoms with Crippen molar-refractivity contribution in [3.63, 3.8) is 0 Å². The molecule has 12 heavy (non-hydrogen) atoms. The van der Waals surface area contributed by atoms with E-state index in [1.165, 1.54) is 6.07 Å². The molecule has 1 aromatic rings. The summed E-state index contributed by atoms with van der Waals surface area (Å²) in [6.45, 7) is -2.88. The van der Waals surface area contributed by atoms with Gasteiger partial charge >= 0.3 is 7.12 Å². The smallest absolute Gasteiger partial charge is 0.423 e. The Morgan fingerprint density at radius 2 is 2.42 bits per heavy atom. The fourth-order valence-electron chi connectivity index (χ4n) is 0.665. The van der Waals surface area contributed by atoms with Crippen LogP contribution in [0.3, 0.4) is 0 Å². The number of nitriles is 1. The summed E-state index contributed by atoms with van der Waals surface area (Å²) in [6.07, 6.45) is 0. The van der Waals surface area contributed by atoms with Crippen LogP contribution in [0.4, 0.5) is 0 Å². The zero-order valence-corrected chi connectivity index (χ0v) is 5.92. The molecule has 0 saturated heterocycles. The van der Waals surface area contributed by atoms with Gasteiger partial charge in [0.2, 0.25) is 0 Å². The van der Waals surface area contributed by atoms with Crippen LogP contribution in [0.2, 0.25) is 0 Å². The Labute approximate surface area is 79.5 Å². The van der Waals surface area contributed by atoms with Crippen LogP contribution >= 0.6 is 0 Å². The van der Waals surface area contributed by atoms with Gasteiger partial charge in [0, 0.05) is 4.11 Å². The highest BCUT2D eigenvalue weighted by Gasteiger charge is 2.13. The minimum Gasteiger partial charge on any atom is -0.423 e. The normalized spacial score (nSPS) is 17.4. The Kier molecular flexibility index (Phi) is 1.02. The van der Waals surface area contributed by atoms with Crippen molar-refractivity contribution in [3.05, 3.63) is 29.3 Å². The molecule has 0 fully saturated rings. The summed E-state index contributed by atoms with van der Waals surface area (Å²) in [5.74, 6) is 0. The molecule has 2 N–H and O–H groups in total. The summed E-state index contributed by atoms with van der Waals surface area (Å²) in [7, 11) is -2.30. The van der Waals surface area contributed by atoms with E-state index in [1.54, 1.807) is 0 Å². The average Bonchev–Trinajstić information content (AvgIpc) is 2.21. The molecule has 0 aliphatic carbocycles. The molecule has 0 heterocycles. The van der Waals surface area contributed by atoms with Gasteiger partial charge in [0.25, 0.3) is 0 Å². The Bertz CT molecular complexity index is 536. The highest BCUT2D eigenvalue weighted by molar-refractivity contribution is 6.59. The first-order valence-corrected chi connectivity index (χ1v) is 3.03. The van der Waals surface area contributed by atoms with E-state index < -0.39 is 48.7 Å². The van der Waals surface area contributed by atoms with E-state index in [9.17, 15) is 0 Å². The van der Waals surface area contributed by atoms with Gasteiger partial charge in [-0.05, 0) is 24.4 Å². The predicted octanol–water partition coefficient (Wildman–Crippen LogP) is -0.453. The third-order valence-electron chi connectivity index (χ3n) is 1.21. The van der Waals surface area contributed by atoms with E-state index in [0.29, 0.717) is 0 Å². The van der Waals surface area contributed by atoms with Crippen molar-refractivity contribution in [3.8, 4) is 6.07 Å². The largest absolute Gasteiger partial charge is 0.488 e. The second kappa shape index (κ2) is 3.39. The van der Waals surface area contributed by atoms with Crippen LogP contribution in [0.1, 0.15) is 19.4 Å². The van der Waals surface area contributed by atoms with Crippen LogP contribution in [0, 0.1) is 18.2 Å². The highest BCUT2D eigenvalue weighted by Crippen LogP contribution is 2.00. The van der Waals surface area contributed by atoms with E-state index in [0.717, 1.165) is 0 Å². The van der Waals surface area contributed by atoms with Gasteiger partial charge in [-0.2, -0.15) is 5.26 Å². The van der Waals surface area contributed by atoms with Gasteiger partial charge < -0.3 is 10.0 Å². The lowest BCUT2D eigenvalue weighted by atomic mass is 9.77. The molecule has 0 bridgehead atoms. The molecule has 0 aliphatic heterocycles. The number of nitrogens with zero attached hydrogens (tertiary/aromatic N) is 1. The van der Waals surface area contributed by atoms with Crippen molar-refractivity contribution < 1.29 is 18.3 Å². The van der Waals surface area contributed by atoms with E-state index in [2.05, 4.69) is 0 Å². The molecule has 3 nitrogen and oxygen atoms in total. The van der Waals surface area contributed by atoms with Crippen LogP contribution in [0.15, 0.2) is 18.1 Å². The molecular formula is C8H8BNO2.